The van der Waals surface area contributed by atoms with Crippen molar-refractivity contribution in [3.8, 4) is 22.7 Å². The highest BCUT2D eigenvalue weighted by molar-refractivity contribution is 6.06. The Balaban J connectivity index is 2.31. The molecular formula is C21H17F3N2O5. The van der Waals surface area contributed by atoms with E-state index in [4.69, 9.17) is 9.47 Å². The molecule has 0 fully saturated rings. The van der Waals surface area contributed by atoms with E-state index in [-0.39, 0.29) is 22.5 Å². The number of benzene rings is 2. The number of para-hydroxylation sites is 1. The molecule has 1 heterocycles. The first-order valence-corrected chi connectivity index (χ1v) is 8.87. The van der Waals surface area contributed by atoms with Crippen molar-refractivity contribution in [1.82, 2.24) is 9.78 Å². The van der Waals surface area contributed by atoms with E-state index in [9.17, 15) is 22.8 Å². The third kappa shape index (κ3) is 4.68. The zero-order chi connectivity index (χ0) is 22.8. The number of nitrogens with zero attached hydrogens (tertiary/aromatic N) is 2. The van der Waals surface area contributed by atoms with Crippen LogP contribution in [0.15, 0.2) is 48.5 Å². The number of hydrogen-bond acceptors (Lipinski definition) is 6. The van der Waals surface area contributed by atoms with E-state index in [0.717, 1.165) is 20.3 Å². The van der Waals surface area contributed by atoms with Crippen LogP contribution in [-0.2, 0) is 9.47 Å². The van der Waals surface area contributed by atoms with E-state index < -0.39 is 24.1 Å². The van der Waals surface area contributed by atoms with Gasteiger partial charge in [0, 0.05) is 5.56 Å². The standard InChI is InChI=1S/C21H17F3N2O5/c1-12-9-13(11-15(10-12)31-21(22,23)24)17-16(19(27)29-2)18(20(28)30-3)26(25-17)14-7-5-4-6-8-14/h4-11H,1-3H3. The predicted molar refractivity (Wildman–Crippen MR) is 103 cm³/mol. The van der Waals surface area contributed by atoms with Gasteiger partial charge in [0.15, 0.2) is 5.69 Å². The monoisotopic (exact) mass is 434 g/mol. The maximum atomic E-state index is 12.7. The van der Waals surface area contributed by atoms with Gasteiger partial charge in [0.1, 0.15) is 17.0 Å². The molecule has 0 atom stereocenters. The smallest absolute Gasteiger partial charge is 0.465 e. The van der Waals surface area contributed by atoms with Crippen LogP contribution >= 0.6 is 0 Å². The topological polar surface area (TPSA) is 79.7 Å². The van der Waals surface area contributed by atoms with E-state index in [1.807, 2.05) is 0 Å². The second kappa shape index (κ2) is 8.50. The van der Waals surface area contributed by atoms with Crippen molar-refractivity contribution in [2.45, 2.75) is 13.3 Å². The Labute approximate surface area is 175 Å². The molecule has 3 aromatic rings. The van der Waals surface area contributed by atoms with E-state index in [0.29, 0.717) is 11.3 Å². The Hall–Kier alpha value is -3.82. The van der Waals surface area contributed by atoms with Gasteiger partial charge in [0.25, 0.3) is 0 Å². The van der Waals surface area contributed by atoms with Gasteiger partial charge < -0.3 is 14.2 Å². The molecule has 1 aromatic heterocycles. The van der Waals surface area contributed by atoms with Gasteiger partial charge in [-0.05, 0) is 42.8 Å². The van der Waals surface area contributed by atoms with Crippen molar-refractivity contribution in [2.75, 3.05) is 14.2 Å². The maximum Gasteiger partial charge on any atom is 0.573 e. The molecule has 0 saturated heterocycles. The van der Waals surface area contributed by atoms with Crippen molar-refractivity contribution in [2.24, 2.45) is 0 Å². The molecule has 0 saturated carbocycles. The van der Waals surface area contributed by atoms with Gasteiger partial charge in [0.05, 0.1) is 19.9 Å². The fraction of sp³-hybridized carbons (Fsp3) is 0.190. The third-order valence-corrected chi connectivity index (χ3v) is 4.21. The van der Waals surface area contributed by atoms with Gasteiger partial charge in [-0.1, -0.05) is 18.2 Å². The van der Waals surface area contributed by atoms with Gasteiger partial charge in [-0.3, -0.25) is 0 Å². The summed E-state index contributed by atoms with van der Waals surface area (Å²) < 4.78 is 53.0. The molecule has 7 nitrogen and oxygen atoms in total. The van der Waals surface area contributed by atoms with Gasteiger partial charge in [0.2, 0.25) is 0 Å². The van der Waals surface area contributed by atoms with E-state index >= 15 is 0 Å². The lowest BCUT2D eigenvalue weighted by Gasteiger charge is -2.11. The second-order valence-corrected chi connectivity index (χ2v) is 6.39. The summed E-state index contributed by atoms with van der Waals surface area (Å²) in [4.78, 5) is 25.1. The SMILES string of the molecule is COC(=O)c1c(-c2cc(C)cc(OC(F)(F)F)c2)nn(-c2ccccc2)c1C(=O)OC. The lowest BCUT2D eigenvalue weighted by molar-refractivity contribution is -0.274. The number of ether oxygens (including phenoxy) is 3. The molecule has 162 valence electrons. The highest BCUT2D eigenvalue weighted by Crippen LogP contribution is 2.33. The van der Waals surface area contributed by atoms with Crippen molar-refractivity contribution in [3.05, 3.63) is 65.4 Å². The summed E-state index contributed by atoms with van der Waals surface area (Å²) in [7, 11) is 2.24. The minimum absolute atomic E-state index is 0.0631. The lowest BCUT2D eigenvalue weighted by atomic mass is 10.0. The summed E-state index contributed by atoms with van der Waals surface area (Å²) in [6.45, 7) is 1.56. The fourth-order valence-electron chi connectivity index (χ4n) is 3.03. The highest BCUT2D eigenvalue weighted by Gasteiger charge is 2.33. The summed E-state index contributed by atoms with van der Waals surface area (Å²) in [5, 5.41) is 4.35. The van der Waals surface area contributed by atoms with E-state index in [1.54, 1.807) is 37.3 Å². The van der Waals surface area contributed by atoms with Crippen LogP contribution < -0.4 is 4.74 Å². The number of aryl methyl sites for hydroxylation is 1. The molecule has 0 unspecified atom stereocenters. The Morgan fingerprint density at radius 3 is 2.19 bits per heavy atom. The number of rotatable bonds is 5. The minimum Gasteiger partial charge on any atom is -0.465 e. The first-order chi connectivity index (χ1) is 14.6. The molecule has 0 aliphatic heterocycles. The maximum absolute atomic E-state index is 12.7. The summed E-state index contributed by atoms with van der Waals surface area (Å²) in [6.07, 6.45) is -4.91. The van der Waals surface area contributed by atoms with Crippen LogP contribution in [0.5, 0.6) is 5.75 Å². The molecule has 3 rings (SSSR count). The molecule has 0 bridgehead atoms. The van der Waals surface area contributed by atoms with Gasteiger partial charge in [-0.25, -0.2) is 14.3 Å². The van der Waals surface area contributed by atoms with Gasteiger partial charge in [-0.2, -0.15) is 5.10 Å². The van der Waals surface area contributed by atoms with Crippen molar-refractivity contribution < 1.29 is 37.0 Å². The number of hydrogen-bond donors (Lipinski definition) is 0. The van der Waals surface area contributed by atoms with E-state index in [1.165, 1.54) is 16.8 Å². The molecule has 0 spiro atoms. The second-order valence-electron chi connectivity index (χ2n) is 6.39. The number of esters is 2. The van der Waals surface area contributed by atoms with Crippen LogP contribution in [0.2, 0.25) is 0 Å². The highest BCUT2D eigenvalue weighted by atomic mass is 19.4. The molecule has 0 N–H and O–H groups in total. The summed E-state index contributed by atoms with van der Waals surface area (Å²) in [6, 6.07) is 12.2. The van der Waals surface area contributed by atoms with Crippen molar-refractivity contribution >= 4 is 11.9 Å². The van der Waals surface area contributed by atoms with Crippen LogP contribution in [0.3, 0.4) is 0 Å². The van der Waals surface area contributed by atoms with Crippen LogP contribution in [0.25, 0.3) is 16.9 Å². The number of methoxy groups -OCH3 is 2. The zero-order valence-corrected chi connectivity index (χ0v) is 16.7. The predicted octanol–water partition coefficient (Wildman–Crippen LogP) is 4.32. The summed E-state index contributed by atoms with van der Waals surface area (Å²) >= 11 is 0. The average Bonchev–Trinajstić information content (AvgIpc) is 3.12. The number of alkyl halides is 3. The quantitative estimate of drug-likeness (QED) is 0.557. The fourth-order valence-corrected chi connectivity index (χ4v) is 3.03. The zero-order valence-electron chi connectivity index (χ0n) is 16.7. The van der Waals surface area contributed by atoms with Crippen molar-refractivity contribution in [1.29, 1.82) is 0 Å². The Morgan fingerprint density at radius 2 is 1.61 bits per heavy atom. The molecular weight excluding hydrogens is 417 g/mol. The average molecular weight is 434 g/mol. The first kappa shape index (κ1) is 21.9. The van der Waals surface area contributed by atoms with E-state index in [2.05, 4.69) is 9.84 Å². The number of aromatic nitrogens is 2. The number of carbonyl (C=O) groups excluding carboxylic acids is 2. The minimum atomic E-state index is -4.91. The normalized spacial score (nSPS) is 11.2. The Bertz CT molecular complexity index is 1120. The van der Waals surface area contributed by atoms with Crippen LogP contribution in [-0.4, -0.2) is 42.3 Å². The van der Waals surface area contributed by atoms with Gasteiger partial charge >= 0.3 is 18.3 Å². The summed E-state index contributed by atoms with van der Waals surface area (Å²) in [5.41, 5.74) is 0.434. The first-order valence-electron chi connectivity index (χ1n) is 8.87. The molecule has 0 amide bonds. The van der Waals surface area contributed by atoms with Crippen LogP contribution in [0.4, 0.5) is 13.2 Å². The largest absolute Gasteiger partial charge is 0.573 e. The van der Waals surface area contributed by atoms with Crippen LogP contribution in [0.1, 0.15) is 26.4 Å². The molecule has 31 heavy (non-hydrogen) atoms. The molecule has 0 aliphatic rings. The molecule has 2 aromatic carbocycles. The molecule has 10 heteroatoms. The van der Waals surface area contributed by atoms with Gasteiger partial charge in [-0.15, -0.1) is 13.2 Å². The third-order valence-electron chi connectivity index (χ3n) is 4.21. The Kier molecular flexibility index (Phi) is 6.00. The molecule has 0 aliphatic carbocycles. The number of halogens is 3. The lowest BCUT2D eigenvalue weighted by Crippen LogP contribution is -2.17. The Morgan fingerprint density at radius 1 is 0.968 bits per heavy atom. The van der Waals surface area contributed by atoms with Crippen LogP contribution in [0, 0.1) is 6.92 Å². The molecule has 0 radical (unpaired) electrons. The number of carbonyl (C=O) groups is 2. The summed E-state index contributed by atoms with van der Waals surface area (Å²) in [5.74, 6) is -2.27. The van der Waals surface area contributed by atoms with Crippen molar-refractivity contribution in [3.63, 3.8) is 0 Å².